The lowest BCUT2D eigenvalue weighted by Gasteiger charge is -2.31. The first-order valence-corrected chi connectivity index (χ1v) is 21.7. The van der Waals surface area contributed by atoms with Gasteiger partial charge in [0.1, 0.15) is 0 Å². The summed E-state index contributed by atoms with van der Waals surface area (Å²) >= 11 is 3.82. The first-order valence-electron chi connectivity index (χ1n) is 17.6. The molecule has 11 rings (SSSR count). The van der Waals surface area contributed by atoms with Crippen LogP contribution in [0.15, 0.2) is 174 Å². The van der Waals surface area contributed by atoms with E-state index in [1.165, 1.54) is 94.5 Å². The largest absolute Gasteiger partial charge is 0.310 e. The van der Waals surface area contributed by atoms with Gasteiger partial charge in [-0.2, -0.15) is 10.0 Å². The van der Waals surface area contributed by atoms with Crippen molar-refractivity contribution >= 4 is 101 Å². The van der Waals surface area contributed by atoms with Gasteiger partial charge in [-0.1, -0.05) is 103 Å². The summed E-state index contributed by atoms with van der Waals surface area (Å²) in [6, 6.07) is 61.2. The number of hydrogen-bond donors (Lipinski definition) is 0. The Morgan fingerprint density at radius 2 is 1.08 bits per heavy atom. The van der Waals surface area contributed by atoms with Crippen molar-refractivity contribution in [1.82, 2.24) is 0 Å². The minimum atomic E-state index is -1.26. The molecule has 3 heterocycles. The van der Waals surface area contributed by atoms with E-state index in [1.54, 1.807) is 0 Å². The Morgan fingerprint density at radius 1 is 0.423 bits per heavy atom. The number of nitrogens with zero attached hydrogens (tertiary/aromatic N) is 1. The van der Waals surface area contributed by atoms with Crippen molar-refractivity contribution in [2.75, 3.05) is 17.4 Å². The Morgan fingerprint density at radius 3 is 1.94 bits per heavy atom. The fourth-order valence-corrected chi connectivity index (χ4v) is 13.3. The van der Waals surface area contributed by atoms with Gasteiger partial charge in [-0.05, 0) is 101 Å². The van der Waals surface area contributed by atoms with Crippen LogP contribution < -0.4 is 4.90 Å². The van der Waals surface area contributed by atoms with Crippen LogP contribution in [0.25, 0.3) is 73.4 Å². The van der Waals surface area contributed by atoms with Gasteiger partial charge in [-0.3, -0.25) is 0 Å². The highest BCUT2D eigenvalue weighted by Gasteiger charge is 2.34. The van der Waals surface area contributed by atoms with Crippen molar-refractivity contribution in [2.24, 2.45) is 0 Å². The smallest absolute Gasteiger partial charge is 0.0476 e. The summed E-state index contributed by atoms with van der Waals surface area (Å²) in [6.07, 6.45) is 4.96. The third-order valence-corrected chi connectivity index (χ3v) is 16.1. The van der Waals surface area contributed by atoms with Crippen LogP contribution in [0.2, 0.25) is 0 Å². The topological polar surface area (TPSA) is 3.24 Å². The molecule has 0 saturated carbocycles. The lowest BCUT2D eigenvalue weighted by molar-refractivity contribution is 1.27. The third-order valence-electron chi connectivity index (χ3n) is 10.9. The van der Waals surface area contributed by atoms with Crippen LogP contribution in [0.1, 0.15) is 0 Å². The van der Waals surface area contributed by atoms with Crippen molar-refractivity contribution in [3.8, 4) is 22.3 Å². The SMILES string of the molecule is CS1(C)c2cc(N(c3cccc(-c4ccc5ccccc5c4)c3)c3ccc4c(c3)sc3ccccc34)ccc2-c2c1ccc1c2sc2ccccc21. The number of benzene rings is 8. The van der Waals surface area contributed by atoms with E-state index in [0.717, 1.165) is 5.69 Å². The minimum Gasteiger partial charge on any atom is -0.310 e. The standard InChI is InChI=1S/C48H33NS3/c1-52(2)45-25-24-40-38-15-6-8-17-43(38)51-48(40)47(45)41-23-21-36(29-46(41)52)49(35-20-22-39-37-14-5-7-16-42(37)50-44(39)28-35)34-13-9-12-32(27-34)33-19-18-30-10-3-4-11-31(30)26-33/h3-29H,1-2H3. The molecule has 0 unspecified atom stereocenters. The van der Waals surface area contributed by atoms with Gasteiger partial charge in [-0.25, -0.2) is 0 Å². The molecule has 0 amide bonds. The first kappa shape index (κ1) is 30.3. The molecule has 0 aliphatic carbocycles. The molecule has 4 heteroatoms. The number of thiophene rings is 2. The van der Waals surface area contributed by atoms with Crippen LogP contribution in [0.4, 0.5) is 17.1 Å². The van der Waals surface area contributed by atoms with Gasteiger partial charge in [0.2, 0.25) is 0 Å². The summed E-state index contributed by atoms with van der Waals surface area (Å²) < 4.78 is 5.41. The molecule has 0 spiro atoms. The highest BCUT2D eigenvalue weighted by Crippen LogP contribution is 2.69. The number of rotatable bonds is 4. The molecule has 1 aliphatic heterocycles. The quantitative estimate of drug-likeness (QED) is 0.175. The van der Waals surface area contributed by atoms with Gasteiger partial charge in [-0.15, -0.1) is 22.7 Å². The average molecular weight is 720 g/mol. The van der Waals surface area contributed by atoms with Gasteiger partial charge in [0.15, 0.2) is 0 Å². The van der Waals surface area contributed by atoms with E-state index in [-0.39, 0.29) is 0 Å². The zero-order valence-corrected chi connectivity index (χ0v) is 31.2. The maximum atomic E-state index is 2.50. The summed E-state index contributed by atoms with van der Waals surface area (Å²) in [4.78, 5) is 5.43. The molecule has 0 atom stereocenters. The molecule has 52 heavy (non-hydrogen) atoms. The second kappa shape index (κ2) is 11.3. The molecule has 248 valence electrons. The van der Waals surface area contributed by atoms with Crippen LogP contribution in [-0.2, 0) is 0 Å². The highest BCUT2D eigenvalue weighted by molar-refractivity contribution is 8.33. The predicted molar refractivity (Wildman–Crippen MR) is 231 cm³/mol. The average Bonchev–Trinajstić information content (AvgIpc) is 3.82. The van der Waals surface area contributed by atoms with Gasteiger partial charge in [0.25, 0.3) is 0 Å². The summed E-state index contributed by atoms with van der Waals surface area (Å²) in [5, 5.41) is 7.89. The zero-order chi connectivity index (χ0) is 34.6. The Kier molecular flexibility index (Phi) is 6.58. The lowest BCUT2D eigenvalue weighted by Crippen LogP contribution is -2.10. The van der Waals surface area contributed by atoms with E-state index in [4.69, 9.17) is 0 Å². The normalized spacial score (nSPS) is 14.0. The molecular formula is C48H33NS3. The maximum Gasteiger partial charge on any atom is 0.0476 e. The molecule has 0 radical (unpaired) electrons. The molecule has 0 fully saturated rings. The van der Waals surface area contributed by atoms with Crippen molar-refractivity contribution in [1.29, 1.82) is 0 Å². The molecule has 2 aromatic heterocycles. The Bertz CT molecular complexity index is 3070. The monoisotopic (exact) mass is 719 g/mol. The summed E-state index contributed by atoms with van der Waals surface area (Å²) in [5.74, 6) is 0. The summed E-state index contributed by atoms with van der Waals surface area (Å²) in [6.45, 7) is 0. The molecule has 0 bridgehead atoms. The van der Waals surface area contributed by atoms with Gasteiger partial charge >= 0.3 is 0 Å². The Balaban J connectivity index is 1.11. The van der Waals surface area contributed by atoms with E-state index < -0.39 is 10.0 Å². The summed E-state index contributed by atoms with van der Waals surface area (Å²) in [5.41, 5.74) is 8.78. The predicted octanol–water partition coefficient (Wildman–Crippen LogP) is 15.2. The Hall–Kier alpha value is -5.39. The van der Waals surface area contributed by atoms with E-state index in [0.29, 0.717) is 0 Å². The lowest BCUT2D eigenvalue weighted by atomic mass is 10.00. The number of hydrogen-bond acceptors (Lipinski definition) is 3. The molecule has 0 N–H and O–H groups in total. The van der Waals surface area contributed by atoms with E-state index in [9.17, 15) is 0 Å². The fraction of sp³-hybridized carbons (Fsp3) is 0.0417. The third kappa shape index (κ3) is 4.48. The van der Waals surface area contributed by atoms with Crippen LogP contribution in [0.3, 0.4) is 0 Å². The van der Waals surface area contributed by atoms with E-state index in [2.05, 4.69) is 181 Å². The molecule has 10 aromatic rings. The highest BCUT2D eigenvalue weighted by atomic mass is 32.3. The second-order valence-corrected chi connectivity index (χ2v) is 19.8. The van der Waals surface area contributed by atoms with Gasteiger partial charge in [0.05, 0.1) is 0 Å². The molecular weight excluding hydrogens is 687 g/mol. The van der Waals surface area contributed by atoms with Crippen molar-refractivity contribution in [2.45, 2.75) is 9.79 Å². The molecule has 8 aromatic carbocycles. The van der Waals surface area contributed by atoms with Crippen LogP contribution in [0, 0.1) is 0 Å². The van der Waals surface area contributed by atoms with Gasteiger partial charge < -0.3 is 4.90 Å². The molecule has 1 aliphatic rings. The van der Waals surface area contributed by atoms with Crippen LogP contribution in [-0.4, -0.2) is 12.5 Å². The molecule has 1 nitrogen and oxygen atoms in total. The van der Waals surface area contributed by atoms with E-state index in [1.807, 2.05) is 22.7 Å². The second-order valence-electron chi connectivity index (χ2n) is 14.1. The van der Waals surface area contributed by atoms with Crippen LogP contribution >= 0.6 is 32.7 Å². The minimum absolute atomic E-state index is 1.15. The van der Waals surface area contributed by atoms with Crippen LogP contribution in [0.5, 0.6) is 0 Å². The number of fused-ring (bicyclic) bond motifs is 11. The van der Waals surface area contributed by atoms with E-state index >= 15 is 0 Å². The molecule has 0 saturated heterocycles. The fourth-order valence-electron chi connectivity index (χ4n) is 8.34. The van der Waals surface area contributed by atoms with Crippen molar-refractivity contribution in [3.63, 3.8) is 0 Å². The number of anilines is 3. The van der Waals surface area contributed by atoms with Gasteiger partial charge in [0, 0.05) is 72.8 Å². The zero-order valence-electron chi connectivity index (χ0n) is 28.8. The maximum absolute atomic E-state index is 2.50. The summed E-state index contributed by atoms with van der Waals surface area (Å²) in [7, 11) is -1.26. The van der Waals surface area contributed by atoms with Crippen molar-refractivity contribution in [3.05, 3.63) is 164 Å². The van der Waals surface area contributed by atoms with Crippen molar-refractivity contribution < 1.29 is 0 Å². The Labute approximate surface area is 312 Å². The first-order chi connectivity index (χ1) is 25.5.